The van der Waals surface area contributed by atoms with Gasteiger partial charge in [-0.1, -0.05) is 12.8 Å². The number of nitrogens with two attached hydrogens (primary N) is 1. The summed E-state index contributed by atoms with van der Waals surface area (Å²) in [6, 6.07) is 4.88. The Kier molecular flexibility index (Phi) is 6.66. The first-order valence-electron chi connectivity index (χ1n) is 8.66. The second-order valence-electron chi connectivity index (χ2n) is 7.13. The van der Waals surface area contributed by atoms with Crippen LogP contribution in [0.4, 0.5) is 10.1 Å². The molecule has 0 unspecified atom stereocenters. The van der Waals surface area contributed by atoms with Gasteiger partial charge in [0.15, 0.2) is 11.6 Å². The van der Waals surface area contributed by atoms with E-state index in [1.807, 2.05) is 0 Å². The van der Waals surface area contributed by atoms with Gasteiger partial charge in [-0.3, -0.25) is 0 Å². The van der Waals surface area contributed by atoms with Gasteiger partial charge in [-0.25, -0.2) is 9.82 Å². The summed E-state index contributed by atoms with van der Waals surface area (Å²) in [5.74, 6) is 0.623. The van der Waals surface area contributed by atoms with Crippen molar-refractivity contribution >= 4 is 5.69 Å². The average Bonchev–Trinajstić information content (AvgIpc) is 3.34. The first-order chi connectivity index (χ1) is 11.0. The normalized spacial score (nSPS) is 14.8. The second kappa shape index (κ2) is 8.50. The molecular weight excluding hydrogens is 293 g/mol. The molecule has 1 aromatic rings. The van der Waals surface area contributed by atoms with E-state index in [1.54, 1.807) is 12.1 Å². The van der Waals surface area contributed by atoms with E-state index in [9.17, 15) is 4.39 Å². The molecule has 1 aliphatic carbocycles. The van der Waals surface area contributed by atoms with E-state index in [-0.39, 0.29) is 11.4 Å². The fourth-order valence-electron chi connectivity index (χ4n) is 2.38. The quantitative estimate of drug-likeness (QED) is 0.428. The number of ether oxygens (including phenoxy) is 1. The Bertz CT molecular complexity index is 489. The van der Waals surface area contributed by atoms with E-state index in [1.165, 1.54) is 18.9 Å². The van der Waals surface area contributed by atoms with Crippen LogP contribution >= 0.6 is 0 Å². The lowest BCUT2D eigenvalue weighted by Crippen LogP contribution is -2.43. The lowest BCUT2D eigenvalue weighted by molar-refractivity contribution is 0.285. The highest BCUT2D eigenvalue weighted by atomic mass is 19.1. The van der Waals surface area contributed by atoms with E-state index in [0.29, 0.717) is 18.3 Å². The SMILES string of the molecule is CC(C)(CCCCCN)NNc1ccc(F)c(OCC2CC2)c1. The zero-order chi connectivity index (χ0) is 16.7. The maximum atomic E-state index is 13.8. The molecule has 0 amide bonds. The zero-order valence-electron chi connectivity index (χ0n) is 14.3. The molecule has 1 saturated carbocycles. The third kappa shape index (κ3) is 6.75. The van der Waals surface area contributed by atoms with Crippen molar-refractivity contribution in [3.63, 3.8) is 0 Å². The van der Waals surface area contributed by atoms with Gasteiger partial charge in [-0.15, -0.1) is 0 Å². The van der Waals surface area contributed by atoms with Crippen LogP contribution in [0.15, 0.2) is 18.2 Å². The van der Waals surface area contributed by atoms with Crippen LogP contribution in [0.3, 0.4) is 0 Å². The lowest BCUT2D eigenvalue weighted by atomic mass is 9.97. The molecule has 2 rings (SSSR count). The van der Waals surface area contributed by atoms with Crippen molar-refractivity contribution in [2.24, 2.45) is 11.7 Å². The number of unbranched alkanes of at least 4 members (excludes halogenated alkanes) is 2. The largest absolute Gasteiger partial charge is 0.490 e. The van der Waals surface area contributed by atoms with Gasteiger partial charge in [0, 0.05) is 11.6 Å². The second-order valence-corrected chi connectivity index (χ2v) is 7.13. The van der Waals surface area contributed by atoms with Crippen molar-refractivity contribution in [3.8, 4) is 5.75 Å². The summed E-state index contributed by atoms with van der Waals surface area (Å²) in [4.78, 5) is 0. The molecule has 4 N–H and O–H groups in total. The lowest BCUT2D eigenvalue weighted by Gasteiger charge is -2.27. The van der Waals surface area contributed by atoms with Gasteiger partial charge in [-0.05, 0) is 64.1 Å². The first-order valence-corrected chi connectivity index (χ1v) is 8.66. The van der Waals surface area contributed by atoms with Crippen LogP contribution in [-0.2, 0) is 0 Å². The Morgan fingerprint density at radius 3 is 2.74 bits per heavy atom. The molecule has 0 aromatic heterocycles. The third-order valence-electron chi connectivity index (χ3n) is 4.15. The Morgan fingerprint density at radius 1 is 1.26 bits per heavy atom. The summed E-state index contributed by atoms with van der Waals surface area (Å²) >= 11 is 0. The highest BCUT2D eigenvalue weighted by molar-refractivity contribution is 5.48. The van der Waals surface area contributed by atoms with Gasteiger partial charge < -0.3 is 15.9 Å². The Morgan fingerprint density at radius 2 is 2.04 bits per heavy atom. The maximum Gasteiger partial charge on any atom is 0.165 e. The summed E-state index contributed by atoms with van der Waals surface area (Å²) < 4.78 is 19.3. The molecule has 0 spiro atoms. The van der Waals surface area contributed by atoms with Gasteiger partial charge in [0.25, 0.3) is 0 Å². The smallest absolute Gasteiger partial charge is 0.165 e. The number of halogens is 1. The summed E-state index contributed by atoms with van der Waals surface area (Å²) in [6.07, 6.45) is 6.80. The van der Waals surface area contributed by atoms with E-state index in [4.69, 9.17) is 10.5 Å². The van der Waals surface area contributed by atoms with E-state index < -0.39 is 0 Å². The van der Waals surface area contributed by atoms with Crippen LogP contribution in [0, 0.1) is 11.7 Å². The monoisotopic (exact) mass is 323 g/mol. The summed E-state index contributed by atoms with van der Waals surface area (Å²) in [5.41, 5.74) is 12.8. The van der Waals surface area contributed by atoms with Gasteiger partial charge in [0.2, 0.25) is 0 Å². The molecule has 0 heterocycles. The number of anilines is 1. The fraction of sp³-hybridized carbons (Fsp3) is 0.667. The van der Waals surface area contributed by atoms with Gasteiger partial charge in [0.1, 0.15) is 0 Å². The minimum absolute atomic E-state index is 0.0436. The van der Waals surface area contributed by atoms with Crippen LogP contribution < -0.4 is 21.3 Å². The molecule has 0 radical (unpaired) electrons. The van der Waals surface area contributed by atoms with Crippen LogP contribution in [-0.4, -0.2) is 18.7 Å². The van der Waals surface area contributed by atoms with Crippen LogP contribution in [0.25, 0.3) is 0 Å². The number of benzene rings is 1. The predicted octanol–water partition coefficient (Wildman–Crippen LogP) is 3.83. The summed E-state index contributed by atoms with van der Waals surface area (Å²) in [7, 11) is 0. The average molecular weight is 323 g/mol. The van der Waals surface area contributed by atoms with Gasteiger partial charge >= 0.3 is 0 Å². The minimum Gasteiger partial charge on any atom is -0.490 e. The van der Waals surface area contributed by atoms with Gasteiger partial charge in [0.05, 0.1) is 12.3 Å². The molecule has 130 valence electrons. The van der Waals surface area contributed by atoms with Crippen molar-refractivity contribution < 1.29 is 9.13 Å². The number of hydrazine groups is 1. The number of hydrogen-bond acceptors (Lipinski definition) is 4. The Balaban J connectivity index is 1.80. The molecule has 1 fully saturated rings. The summed E-state index contributed by atoms with van der Waals surface area (Å²) in [5, 5.41) is 0. The molecular formula is C18H30FN3O. The van der Waals surface area contributed by atoms with Crippen LogP contribution in [0.5, 0.6) is 5.75 Å². The fourth-order valence-corrected chi connectivity index (χ4v) is 2.38. The van der Waals surface area contributed by atoms with E-state index in [0.717, 1.165) is 37.9 Å². The zero-order valence-corrected chi connectivity index (χ0v) is 14.3. The number of rotatable bonds is 11. The highest BCUT2D eigenvalue weighted by Crippen LogP contribution is 2.31. The standard InChI is InChI=1S/C18H30FN3O/c1-18(2,10-4-3-5-11-20)22-21-15-8-9-16(19)17(12-15)23-13-14-6-7-14/h8-9,12,14,21-22H,3-7,10-11,13,20H2,1-2H3. The Hall–Kier alpha value is -1.33. The van der Waals surface area contributed by atoms with Crippen molar-refractivity contribution in [3.05, 3.63) is 24.0 Å². The van der Waals surface area contributed by atoms with E-state index >= 15 is 0 Å². The molecule has 0 bridgehead atoms. The van der Waals surface area contributed by atoms with Crippen molar-refractivity contribution in [2.45, 2.75) is 57.9 Å². The van der Waals surface area contributed by atoms with Crippen molar-refractivity contribution in [1.29, 1.82) is 0 Å². The predicted molar refractivity (Wildman–Crippen MR) is 93.0 cm³/mol. The third-order valence-corrected chi connectivity index (χ3v) is 4.15. The van der Waals surface area contributed by atoms with Gasteiger partial charge in [-0.2, -0.15) is 0 Å². The topological polar surface area (TPSA) is 59.3 Å². The molecule has 1 aromatic carbocycles. The summed E-state index contributed by atoms with van der Waals surface area (Å²) in [6.45, 7) is 5.67. The molecule has 0 aliphatic heterocycles. The maximum absolute atomic E-state index is 13.8. The number of nitrogens with one attached hydrogen (secondary N) is 2. The molecule has 1 aliphatic rings. The molecule has 23 heavy (non-hydrogen) atoms. The van der Waals surface area contributed by atoms with Crippen LogP contribution in [0.2, 0.25) is 0 Å². The molecule has 0 atom stereocenters. The molecule has 4 nitrogen and oxygen atoms in total. The van der Waals surface area contributed by atoms with Crippen molar-refractivity contribution in [2.75, 3.05) is 18.6 Å². The number of hydrogen-bond donors (Lipinski definition) is 3. The minimum atomic E-state index is -0.308. The Labute approximate surface area is 138 Å². The van der Waals surface area contributed by atoms with Crippen LogP contribution in [0.1, 0.15) is 52.4 Å². The highest BCUT2D eigenvalue weighted by Gasteiger charge is 2.22. The van der Waals surface area contributed by atoms with E-state index in [2.05, 4.69) is 24.7 Å². The first kappa shape index (κ1) is 18.0. The van der Waals surface area contributed by atoms with Crippen molar-refractivity contribution in [1.82, 2.24) is 5.43 Å². The molecule has 0 saturated heterocycles. The molecule has 5 heteroatoms.